The highest BCUT2D eigenvalue weighted by atomic mass is 32.1. The second-order valence-electron chi connectivity index (χ2n) is 5.06. The molecule has 7 heteroatoms. The van der Waals surface area contributed by atoms with Crippen LogP contribution in [0, 0.1) is 11.8 Å². The summed E-state index contributed by atoms with van der Waals surface area (Å²) in [6.45, 7) is 0.00225. The van der Waals surface area contributed by atoms with Crippen LogP contribution in [-0.2, 0) is 11.0 Å². The first-order chi connectivity index (χ1) is 11.9. The van der Waals surface area contributed by atoms with Crippen molar-refractivity contribution in [3.05, 3.63) is 57.8 Å². The molecule has 0 radical (unpaired) electrons. The van der Waals surface area contributed by atoms with Gasteiger partial charge in [-0.3, -0.25) is 9.59 Å². The maximum Gasteiger partial charge on any atom is 0.416 e. The molecule has 1 heterocycles. The number of nitrogens with one attached hydrogen (secondary N) is 1. The Morgan fingerprint density at radius 1 is 1.12 bits per heavy atom. The summed E-state index contributed by atoms with van der Waals surface area (Å²) in [5.41, 5.74) is -0.549. The molecule has 3 nitrogen and oxygen atoms in total. The summed E-state index contributed by atoms with van der Waals surface area (Å²) in [4.78, 5) is 24.0. The summed E-state index contributed by atoms with van der Waals surface area (Å²) in [6.07, 6.45) is -4.27. The van der Waals surface area contributed by atoms with Crippen LogP contribution in [0.15, 0.2) is 41.8 Å². The van der Waals surface area contributed by atoms with Crippen LogP contribution in [0.3, 0.4) is 0 Å². The van der Waals surface area contributed by atoms with Gasteiger partial charge in [0.2, 0.25) is 5.91 Å². The van der Waals surface area contributed by atoms with Gasteiger partial charge in [0.05, 0.1) is 17.0 Å². The van der Waals surface area contributed by atoms with Crippen molar-refractivity contribution in [3.63, 3.8) is 0 Å². The minimum atomic E-state index is -4.42. The third kappa shape index (κ3) is 6.08. The molecule has 0 bridgehead atoms. The highest BCUT2D eigenvalue weighted by Gasteiger charge is 2.30. The summed E-state index contributed by atoms with van der Waals surface area (Å²) < 4.78 is 37.7. The number of carbonyl (C=O) groups is 2. The van der Waals surface area contributed by atoms with Gasteiger partial charge in [0.25, 0.3) is 0 Å². The topological polar surface area (TPSA) is 46.2 Å². The van der Waals surface area contributed by atoms with Gasteiger partial charge in [-0.15, -0.1) is 11.3 Å². The normalized spacial score (nSPS) is 10.7. The Bertz CT molecular complexity index is 802. The lowest BCUT2D eigenvalue weighted by Gasteiger charge is -2.05. The zero-order valence-electron chi connectivity index (χ0n) is 13.0. The molecule has 1 aromatic carbocycles. The number of Topliss-reactive ketones (excluding diaryl/α,β-unsaturated/α-hetero) is 1. The van der Waals surface area contributed by atoms with Crippen molar-refractivity contribution in [2.75, 3.05) is 6.54 Å². The molecule has 0 saturated heterocycles. The zero-order valence-corrected chi connectivity index (χ0v) is 13.8. The highest BCUT2D eigenvalue weighted by molar-refractivity contribution is 7.12. The maximum absolute atomic E-state index is 12.6. The standard InChI is InChI=1S/C18H14F3NO2S/c19-18(20,21)14-6-1-4-13(12-14)5-2-10-22-17(24)9-8-15(23)16-7-3-11-25-16/h1,3-4,6-7,11-12H,8-10H2,(H,22,24). The molecule has 0 fully saturated rings. The van der Waals surface area contributed by atoms with Crippen LogP contribution in [-0.4, -0.2) is 18.2 Å². The number of halogens is 3. The third-order valence-electron chi connectivity index (χ3n) is 3.17. The Morgan fingerprint density at radius 2 is 1.92 bits per heavy atom. The molecular weight excluding hydrogens is 351 g/mol. The summed E-state index contributed by atoms with van der Waals surface area (Å²) in [7, 11) is 0. The summed E-state index contributed by atoms with van der Waals surface area (Å²) >= 11 is 1.32. The van der Waals surface area contributed by atoms with E-state index >= 15 is 0 Å². The van der Waals surface area contributed by atoms with Gasteiger partial charge in [-0.05, 0) is 29.6 Å². The minimum Gasteiger partial charge on any atom is -0.345 e. The molecule has 2 rings (SSSR count). The smallest absolute Gasteiger partial charge is 0.345 e. The number of amides is 1. The van der Waals surface area contributed by atoms with Gasteiger partial charge in [-0.25, -0.2) is 0 Å². The summed E-state index contributed by atoms with van der Waals surface area (Å²) in [6, 6.07) is 8.13. The number of ketones is 1. The fraction of sp³-hybridized carbons (Fsp3) is 0.222. The van der Waals surface area contributed by atoms with Crippen molar-refractivity contribution in [1.29, 1.82) is 0 Å². The number of benzene rings is 1. The molecule has 25 heavy (non-hydrogen) atoms. The van der Waals surface area contributed by atoms with Crippen molar-refractivity contribution in [3.8, 4) is 11.8 Å². The highest BCUT2D eigenvalue weighted by Crippen LogP contribution is 2.29. The molecule has 0 saturated carbocycles. The Hall–Kier alpha value is -2.59. The number of thiophene rings is 1. The zero-order chi connectivity index (χ0) is 18.3. The molecule has 0 aliphatic carbocycles. The van der Waals surface area contributed by atoms with Crippen LogP contribution in [0.2, 0.25) is 0 Å². The fourth-order valence-corrected chi connectivity index (χ4v) is 2.63. The molecule has 1 aromatic heterocycles. The Labute approximate surface area is 146 Å². The van der Waals surface area contributed by atoms with E-state index in [1.54, 1.807) is 17.5 Å². The van der Waals surface area contributed by atoms with Crippen molar-refractivity contribution in [2.45, 2.75) is 19.0 Å². The summed E-state index contributed by atoms with van der Waals surface area (Å²) in [5.74, 6) is 4.74. The molecular formula is C18H14F3NO2S. The second kappa shape index (κ2) is 8.49. The number of hydrogen-bond donors (Lipinski definition) is 1. The van der Waals surface area contributed by atoms with Gasteiger partial charge >= 0.3 is 6.18 Å². The van der Waals surface area contributed by atoms with Gasteiger partial charge in [-0.1, -0.05) is 24.0 Å². The first kappa shape index (κ1) is 18.7. The van der Waals surface area contributed by atoms with Crippen molar-refractivity contribution >= 4 is 23.0 Å². The average Bonchev–Trinajstić information content (AvgIpc) is 3.11. The first-order valence-electron chi connectivity index (χ1n) is 7.36. The Morgan fingerprint density at radius 3 is 2.60 bits per heavy atom. The van der Waals surface area contributed by atoms with E-state index in [1.165, 1.54) is 23.5 Å². The Balaban J connectivity index is 1.78. The lowest BCUT2D eigenvalue weighted by molar-refractivity contribution is -0.137. The van der Waals surface area contributed by atoms with Crippen LogP contribution in [0.5, 0.6) is 0 Å². The maximum atomic E-state index is 12.6. The van der Waals surface area contributed by atoms with E-state index in [2.05, 4.69) is 17.2 Å². The molecule has 0 aliphatic rings. The lowest BCUT2D eigenvalue weighted by Crippen LogP contribution is -2.23. The van der Waals surface area contributed by atoms with E-state index in [0.29, 0.717) is 4.88 Å². The number of carbonyl (C=O) groups excluding carboxylic acids is 2. The van der Waals surface area contributed by atoms with Gasteiger partial charge in [0, 0.05) is 18.4 Å². The van der Waals surface area contributed by atoms with Gasteiger partial charge in [-0.2, -0.15) is 13.2 Å². The number of rotatable bonds is 5. The molecule has 0 atom stereocenters. The van der Waals surface area contributed by atoms with Crippen LogP contribution in [0.1, 0.15) is 33.6 Å². The van der Waals surface area contributed by atoms with Gasteiger partial charge in [0.1, 0.15) is 0 Å². The van der Waals surface area contributed by atoms with E-state index in [0.717, 1.165) is 12.1 Å². The predicted octanol–water partition coefficient (Wildman–Crippen LogP) is 3.90. The van der Waals surface area contributed by atoms with E-state index in [9.17, 15) is 22.8 Å². The molecule has 0 aliphatic heterocycles. The van der Waals surface area contributed by atoms with E-state index in [4.69, 9.17) is 0 Å². The number of hydrogen-bond acceptors (Lipinski definition) is 3. The quantitative estimate of drug-likeness (QED) is 0.645. The van der Waals surface area contributed by atoms with E-state index in [1.807, 2.05) is 0 Å². The van der Waals surface area contributed by atoms with E-state index in [-0.39, 0.29) is 36.6 Å². The Kier molecular flexibility index (Phi) is 6.37. The summed E-state index contributed by atoms with van der Waals surface area (Å²) in [5, 5.41) is 4.30. The lowest BCUT2D eigenvalue weighted by atomic mass is 10.1. The molecule has 2 aromatic rings. The molecule has 130 valence electrons. The van der Waals surface area contributed by atoms with Crippen LogP contribution in [0.4, 0.5) is 13.2 Å². The largest absolute Gasteiger partial charge is 0.416 e. The van der Waals surface area contributed by atoms with Crippen LogP contribution < -0.4 is 5.32 Å². The van der Waals surface area contributed by atoms with Crippen LogP contribution in [0.25, 0.3) is 0 Å². The van der Waals surface area contributed by atoms with Gasteiger partial charge in [0.15, 0.2) is 5.78 Å². The third-order valence-corrected chi connectivity index (χ3v) is 4.08. The average molecular weight is 365 g/mol. The number of alkyl halides is 3. The van der Waals surface area contributed by atoms with Crippen molar-refractivity contribution < 1.29 is 22.8 Å². The van der Waals surface area contributed by atoms with Crippen molar-refractivity contribution in [2.24, 2.45) is 0 Å². The van der Waals surface area contributed by atoms with Crippen molar-refractivity contribution in [1.82, 2.24) is 5.32 Å². The molecule has 0 unspecified atom stereocenters. The van der Waals surface area contributed by atoms with E-state index < -0.39 is 11.7 Å². The fourth-order valence-electron chi connectivity index (χ4n) is 1.94. The van der Waals surface area contributed by atoms with Crippen LogP contribution >= 0.6 is 11.3 Å². The monoisotopic (exact) mass is 365 g/mol. The predicted molar refractivity (Wildman–Crippen MR) is 89.2 cm³/mol. The molecule has 0 spiro atoms. The second-order valence-corrected chi connectivity index (χ2v) is 6.01. The minimum absolute atomic E-state index is 0.00225. The molecule has 1 N–H and O–H groups in total. The SMILES string of the molecule is O=C(CCC(=O)c1cccs1)NCC#Cc1cccc(C(F)(F)F)c1. The van der Waals surface area contributed by atoms with Gasteiger partial charge < -0.3 is 5.32 Å². The molecule has 1 amide bonds. The first-order valence-corrected chi connectivity index (χ1v) is 8.24.